The number of aromatic nitrogens is 1. The van der Waals surface area contributed by atoms with Gasteiger partial charge in [-0.3, -0.25) is 4.79 Å². The van der Waals surface area contributed by atoms with Crippen LogP contribution in [0.25, 0.3) is 0 Å². The number of carbonyl (C=O) groups is 1. The lowest BCUT2D eigenvalue weighted by atomic mass is 9.89. The summed E-state index contributed by atoms with van der Waals surface area (Å²) < 4.78 is 8.11. The van der Waals surface area contributed by atoms with Crippen LogP contribution in [0, 0.1) is 12.8 Å². The molecule has 1 fully saturated rings. The van der Waals surface area contributed by atoms with E-state index in [1.165, 1.54) is 12.1 Å². The van der Waals surface area contributed by atoms with E-state index >= 15 is 0 Å². The fourth-order valence-electron chi connectivity index (χ4n) is 3.17. The van der Waals surface area contributed by atoms with Crippen LogP contribution < -0.4 is 4.57 Å². The van der Waals surface area contributed by atoms with Crippen molar-refractivity contribution in [3.05, 3.63) is 52.5 Å². The SMILES string of the molecule is Cc1csc[n+]1CC(OC(=O)C1CCCCC1)c1ccccc1. The topological polar surface area (TPSA) is 30.2 Å². The van der Waals surface area contributed by atoms with Crippen molar-refractivity contribution in [2.75, 3.05) is 0 Å². The molecule has 3 nitrogen and oxygen atoms in total. The Labute approximate surface area is 141 Å². The Bertz CT molecular complexity index is 632. The molecule has 1 heterocycles. The number of carbonyl (C=O) groups excluding carboxylic acids is 1. The van der Waals surface area contributed by atoms with Crippen molar-refractivity contribution in [1.82, 2.24) is 0 Å². The van der Waals surface area contributed by atoms with Crippen LogP contribution in [0.1, 0.15) is 49.5 Å². The molecule has 23 heavy (non-hydrogen) atoms. The highest BCUT2D eigenvalue weighted by atomic mass is 32.1. The molecule has 0 saturated heterocycles. The summed E-state index contributed by atoms with van der Waals surface area (Å²) in [5.74, 6) is 0.0653. The zero-order chi connectivity index (χ0) is 16.1. The lowest BCUT2D eigenvalue weighted by Gasteiger charge is -2.23. The summed E-state index contributed by atoms with van der Waals surface area (Å²) in [6.45, 7) is 2.76. The Morgan fingerprint density at radius 3 is 2.65 bits per heavy atom. The monoisotopic (exact) mass is 330 g/mol. The number of rotatable bonds is 5. The maximum absolute atomic E-state index is 12.6. The minimum Gasteiger partial charge on any atom is -0.450 e. The van der Waals surface area contributed by atoms with Crippen LogP contribution in [0.3, 0.4) is 0 Å². The molecule has 1 aromatic carbocycles. The van der Waals surface area contributed by atoms with Gasteiger partial charge in [0.1, 0.15) is 0 Å². The van der Waals surface area contributed by atoms with Crippen molar-refractivity contribution in [2.24, 2.45) is 5.92 Å². The highest BCUT2D eigenvalue weighted by molar-refractivity contribution is 7.07. The van der Waals surface area contributed by atoms with Crippen LogP contribution in [0.4, 0.5) is 0 Å². The number of benzene rings is 1. The first-order chi connectivity index (χ1) is 11.2. The summed E-state index contributed by atoms with van der Waals surface area (Å²) in [6.07, 6.45) is 5.28. The number of ether oxygens (including phenoxy) is 1. The molecule has 3 rings (SSSR count). The molecule has 0 radical (unpaired) electrons. The van der Waals surface area contributed by atoms with Crippen molar-refractivity contribution in [2.45, 2.75) is 51.7 Å². The number of hydrogen-bond acceptors (Lipinski definition) is 3. The summed E-state index contributed by atoms with van der Waals surface area (Å²) >= 11 is 1.67. The summed E-state index contributed by atoms with van der Waals surface area (Å²) in [4.78, 5) is 12.6. The average molecular weight is 330 g/mol. The molecule has 1 atom stereocenters. The molecule has 0 amide bonds. The normalized spacial score (nSPS) is 16.9. The standard InChI is InChI=1S/C19H24NO2S/c1-15-13-23-14-20(15)12-18(16-8-4-2-5-9-16)22-19(21)17-10-6-3-7-11-17/h2,4-5,8-9,13-14,17-18H,3,6-7,10-12H2,1H3/q+1. The van der Waals surface area contributed by atoms with Crippen LogP contribution in [0.5, 0.6) is 0 Å². The number of nitrogens with zero attached hydrogens (tertiary/aromatic N) is 1. The van der Waals surface area contributed by atoms with Crippen molar-refractivity contribution in [3.63, 3.8) is 0 Å². The van der Waals surface area contributed by atoms with E-state index in [1.54, 1.807) is 11.3 Å². The van der Waals surface area contributed by atoms with Crippen molar-refractivity contribution < 1.29 is 14.1 Å². The lowest BCUT2D eigenvalue weighted by molar-refractivity contribution is -0.705. The van der Waals surface area contributed by atoms with Crippen molar-refractivity contribution in [1.29, 1.82) is 0 Å². The minimum absolute atomic E-state index is 0.0213. The van der Waals surface area contributed by atoms with Crippen molar-refractivity contribution in [3.8, 4) is 0 Å². The van der Waals surface area contributed by atoms with Crippen LogP contribution in [0.15, 0.2) is 41.2 Å². The molecule has 1 aliphatic carbocycles. The fraction of sp³-hybridized carbons (Fsp3) is 0.474. The minimum atomic E-state index is -0.219. The van der Waals surface area contributed by atoms with Crippen LogP contribution in [-0.4, -0.2) is 5.97 Å². The second kappa shape index (κ2) is 7.73. The molecule has 1 saturated carbocycles. The van der Waals surface area contributed by atoms with E-state index in [1.807, 2.05) is 30.3 Å². The lowest BCUT2D eigenvalue weighted by Crippen LogP contribution is -2.39. The van der Waals surface area contributed by atoms with Gasteiger partial charge in [-0.15, -0.1) is 0 Å². The molecule has 4 heteroatoms. The van der Waals surface area contributed by atoms with E-state index in [4.69, 9.17) is 4.74 Å². The number of thiazole rings is 1. The number of hydrogen-bond donors (Lipinski definition) is 0. The van der Waals surface area contributed by atoms with E-state index in [-0.39, 0.29) is 18.0 Å². The van der Waals surface area contributed by atoms with Crippen LogP contribution in [-0.2, 0) is 16.1 Å². The largest absolute Gasteiger partial charge is 0.450 e. The van der Waals surface area contributed by atoms with Crippen LogP contribution in [0.2, 0.25) is 0 Å². The molecule has 1 aromatic heterocycles. The summed E-state index contributed by atoms with van der Waals surface area (Å²) in [5, 5.41) is 2.12. The second-order valence-electron chi connectivity index (χ2n) is 6.32. The quantitative estimate of drug-likeness (QED) is 0.607. The molecular weight excluding hydrogens is 306 g/mol. The van der Waals surface area contributed by atoms with E-state index in [0.29, 0.717) is 6.54 Å². The van der Waals surface area contributed by atoms with Gasteiger partial charge in [-0.2, -0.15) is 4.57 Å². The van der Waals surface area contributed by atoms with Gasteiger partial charge < -0.3 is 4.74 Å². The Kier molecular flexibility index (Phi) is 5.44. The third-order valence-corrected chi connectivity index (χ3v) is 5.46. The molecule has 0 spiro atoms. The predicted molar refractivity (Wildman–Crippen MR) is 91.1 cm³/mol. The maximum Gasteiger partial charge on any atom is 0.309 e. The molecule has 0 aliphatic heterocycles. The summed E-state index contributed by atoms with van der Waals surface area (Å²) in [5.41, 5.74) is 4.35. The number of aryl methyl sites for hydroxylation is 1. The average Bonchev–Trinajstić information content (AvgIpc) is 3.00. The third kappa shape index (κ3) is 4.20. The summed E-state index contributed by atoms with van der Waals surface area (Å²) in [7, 11) is 0. The first-order valence-electron chi connectivity index (χ1n) is 8.41. The number of esters is 1. The molecule has 1 unspecified atom stereocenters. The summed E-state index contributed by atoms with van der Waals surface area (Å²) in [6, 6.07) is 10.1. The van der Waals surface area contributed by atoms with Crippen LogP contribution >= 0.6 is 11.3 Å². The molecule has 122 valence electrons. The van der Waals surface area contributed by atoms with E-state index in [9.17, 15) is 4.79 Å². The first-order valence-corrected chi connectivity index (χ1v) is 9.36. The Hall–Kier alpha value is -1.68. The van der Waals surface area contributed by atoms with E-state index < -0.39 is 0 Å². The van der Waals surface area contributed by atoms with Gasteiger partial charge in [0.05, 0.1) is 11.3 Å². The third-order valence-electron chi connectivity index (χ3n) is 4.61. The fourth-order valence-corrected chi connectivity index (χ4v) is 3.96. The van der Waals surface area contributed by atoms with E-state index in [2.05, 4.69) is 22.4 Å². The zero-order valence-electron chi connectivity index (χ0n) is 13.6. The molecule has 0 bridgehead atoms. The van der Waals surface area contributed by atoms with E-state index in [0.717, 1.165) is 31.2 Å². The second-order valence-corrected chi connectivity index (χ2v) is 7.04. The molecule has 2 aromatic rings. The Balaban J connectivity index is 1.75. The van der Waals surface area contributed by atoms with Gasteiger partial charge >= 0.3 is 5.97 Å². The van der Waals surface area contributed by atoms with Crippen molar-refractivity contribution >= 4 is 17.3 Å². The van der Waals surface area contributed by atoms with Gasteiger partial charge in [-0.25, -0.2) is 0 Å². The molecule has 0 N–H and O–H groups in total. The van der Waals surface area contributed by atoms with Gasteiger partial charge in [0.15, 0.2) is 18.3 Å². The first kappa shape index (κ1) is 16.2. The predicted octanol–water partition coefficient (Wildman–Crippen LogP) is 4.21. The maximum atomic E-state index is 12.6. The van der Waals surface area contributed by atoms with Gasteiger partial charge in [-0.1, -0.05) is 60.9 Å². The van der Waals surface area contributed by atoms with Gasteiger partial charge in [-0.05, 0) is 18.4 Å². The van der Waals surface area contributed by atoms with Gasteiger partial charge in [0.2, 0.25) is 5.51 Å². The highest BCUT2D eigenvalue weighted by Crippen LogP contribution is 2.27. The van der Waals surface area contributed by atoms with Gasteiger partial charge in [0.25, 0.3) is 0 Å². The molecular formula is C19H24NO2S+. The molecule has 1 aliphatic rings. The Morgan fingerprint density at radius 2 is 2.00 bits per heavy atom. The van der Waals surface area contributed by atoms with Gasteiger partial charge in [0, 0.05) is 6.92 Å². The Morgan fingerprint density at radius 1 is 1.26 bits per heavy atom. The smallest absolute Gasteiger partial charge is 0.309 e. The zero-order valence-corrected chi connectivity index (χ0v) is 14.4. The highest BCUT2D eigenvalue weighted by Gasteiger charge is 2.28.